The van der Waals surface area contributed by atoms with E-state index in [4.69, 9.17) is 23.7 Å². The third kappa shape index (κ3) is 1.20. The Morgan fingerprint density at radius 1 is 1.00 bits per heavy atom. The van der Waals surface area contributed by atoms with Gasteiger partial charge in [-0.05, 0) is 12.1 Å². The number of rotatable bonds is 0. The molecule has 0 aliphatic heterocycles. The van der Waals surface area contributed by atoms with Crippen molar-refractivity contribution in [3.63, 3.8) is 0 Å². The molecule has 0 spiro atoms. The number of fused-ring (bicyclic) bond motifs is 1. The predicted octanol–water partition coefficient (Wildman–Crippen LogP) is 2.86. The standard InChI is InChI=1S/C7H6N2S3/c8-3-1-5-6(2-4(3)9)12-7(10)11-5/h1-2H,8-9H2. The molecule has 0 radical (unpaired) electrons. The van der Waals surface area contributed by atoms with Gasteiger partial charge in [0.25, 0.3) is 0 Å². The highest BCUT2D eigenvalue weighted by Crippen LogP contribution is 2.32. The van der Waals surface area contributed by atoms with Crippen LogP contribution in [-0.2, 0) is 0 Å². The Balaban J connectivity index is 2.92. The van der Waals surface area contributed by atoms with E-state index in [1.165, 1.54) is 0 Å². The van der Waals surface area contributed by atoms with Gasteiger partial charge in [-0.15, -0.1) is 22.7 Å². The van der Waals surface area contributed by atoms with Gasteiger partial charge in [0.2, 0.25) is 0 Å². The molecule has 0 bridgehead atoms. The van der Waals surface area contributed by atoms with Gasteiger partial charge in [0.05, 0.1) is 11.4 Å². The molecule has 0 aliphatic rings. The van der Waals surface area contributed by atoms with Crippen molar-refractivity contribution in [2.75, 3.05) is 11.5 Å². The second-order valence-electron chi connectivity index (χ2n) is 2.38. The Morgan fingerprint density at radius 3 is 1.83 bits per heavy atom. The molecule has 2 rings (SSSR count). The third-order valence-corrected chi connectivity index (χ3v) is 4.11. The van der Waals surface area contributed by atoms with Crippen molar-refractivity contribution in [3.8, 4) is 0 Å². The van der Waals surface area contributed by atoms with E-state index in [9.17, 15) is 0 Å². The minimum atomic E-state index is 0.631. The summed E-state index contributed by atoms with van der Waals surface area (Å²) in [6.07, 6.45) is 0. The molecule has 0 unspecified atom stereocenters. The van der Waals surface area contributed by atoms with Crippen LogP contribution in [-0.4, -0.2) is 0 Å². The smallest absolute Gasteiger partial charge is 0.144 e. The van der Waals surface area contributed by atoms with E-state index in [2.05, 4.69) is 0 Å². The fourth-order valence-corrected chi connectivity index (χ4v) is 3.50. The van der Waals surface area contributed by atoms with Crippen LogP contribution in [0.1, 0.15) is 0 Å². The number of anilines is 2. The maximum Gasteiger partial charge on any atom is 0.144 e. The lowest BCUT2D eigenvalue weighted by molar-refractivity contribution is 1.76. The molecule has 0 fully saturated rings. The number of hydrogen-bond donors (Lipinski definition) is 2. The van der Waals surface area contributed by atoms with Gasteiger partial charge >= 0.3 is 0 Å². The zero-order chi connectivity index (χ0) is 8.72. The number of benzene rings is 1. The lowest BCUT2D eigenvalue weighted by Gasteiger charge is -1.97. The van der Waals surface area contributed by atoms with Crippen LogP contribution in [0.2, 0.25) is 0 Å². The zero-order valence-corrected chi connectivity index (χ0v) is 8.48. The second kappa shape index (κ2) is 2.69. The zero-order valence-electron chi connectivity index (χ0n) is 6.03. The van der Waals surface area contributed by atoms with Gasteiger partial charge in [-0.1, -0.05) is 12.2 Å². The van der Waals surface area contributed by atoms with Crippen LogP contribution in [0.3, 0.4) is 0 Å². The van der Waals surface area contributed by atoms with Crippen LogP contribution < -0.4 is 11.5 Å². The number of nitrogens with two attached hydrogens (primary N) is 2. The Morgan fingerprint density at radius 2 is 1.42 bits per heavy atom. The maximum atomic E-state index is 5.65. The molecule has 0 saturated heterocycles. The van der Waals surface area contributed by atoms with Crippen molar-refractivity contribution in [2.45, 2.75) is 0 Å². The fraction of sp³-hybridized carbons (Fsp3) is 0. The Kier molecular flexibility index (Phi) is 1.79. The molecule has 4 N–H and O–H groups in total. The Hall–Kier alpha value is -0.650. The molecule has 0 saturated carbocycles. The van der Waals surface area contributed by atoms with E-state index in [0.29, 0.717) is 11.4 Å². The predicted molar refractivity (Wildman–Crippen MR) is 59.4 cm³/mol. The van der Waals surface area contributed by atoms with E-state index >= 15 is 0 Å². The van der Waals surface area contributed by atoms with Crippen molar-refractivity contribution in [1.29, 1.82) is 0 Å². The molecular weight excluding hydrogens is 208 g/mol. The molecule has 1 aromatic carbocycles. The van der Waals surface area contributed by atoms with E-state index in [0.717, 1.165) is 12.5 Å². The van der Waals surface area contributed by atoms with E-state index < -0.39 is 0 Å². The molecule has 1 aromatic heterocycles. The summed E-state index contributed by atoms with van der Waals surface area (Å²) in [5.41, 5.74) is 12.6. The highest BCUT2D eigenvalue weighted by molar-refractivity contribution is 7.77. The third-order valence-electron chi connectivity index (χ3n) is 1.54. The quantitative estimate of drug-likeness (QED) is 0.524. The average Bonchev–Trinajstić information content (AvgIpc) is 2.30. The first-order valence-electron chi connectivity index (χ1n) is 3.25. The molecule has 2 aromatic rings. The van der Waals surface area contributed by atoms with Gasteiger partial charge < -0.3 is 11.5 Å². The van der Waals surface area contributed by atoms with Crippen LogP contribution >= 0.6 is 34.9 Å². The normalized spacial score (nSPS) is 10.7. The number of nitrogen functional groups attached to an aromatic ring is 2. The van der Waals surface area contributed by atoms with Crippen LogP contribution in [0.25, 0.3) is 9.40 Å². The van der Waals surface area contributed by atoms with Crippen LogP contribution in [0.4, 0.5) is 11.4 Å². The Labute approximate surface area is 82.4 Å². The van der Waals surface area contributed by atoms with E-state index in [-0.39, 0.29) is 0 Å². The van der Waals surface area contributed by atoms with Crippen molar-refractivity contribution < 1.29 is 0 Å². The molecule has 1 heterocycles. The van der Waals surface area contributed by atoms with Crippen molar-refractivity contribution >= 4 is 55.7 Å². The maximum absolute atomic E-state index is 5.65. The van der Waals surface area contributed by atoms with E-state index in [1.54, 1.807) is 22.7 Å². The van der Waals surface area contributed by atoms with E-state index in [1.807, 2.05) is 12.1 Å². The lowest BCUT2D eigenvalue weighted by Crippen LogP contribution is -1.92. The van der Waals surface area contributed by atoms with Gasteiger partial charge in [-0.25, -0.2) is 0 Å². The summed E-state index contributed by atoms with van der Waals surface area (Å²) in [6.45, 7) is 0. The fourth-order valence-electron chi connectivity index (χ4n) is 0.951. The summed E-state index contributed by atoms with van der Waals surface area (Å²) in [5, 5.41) is 0. The highest BCUT2D eigenvalue weighted by atomic mass is 32.2. The van der Waals surface area contributed by atoms with Gasteiger partial charge in [0, 0.05) is 9.40 Å². The second-order valence-corrected chi connectivity index (χ2v) is 5.67. The molecule has 0 atom stereocenters. The van der Waals surface area contributed by atoms with Gasteiger partial charge in [-0.3, -0.25) is 0 Å². The first-order chi connectivity index (χ1) is 5.66. The molecule has 5 heteroatoms. The molecule has 0 amide bonds. The molecular formula is C7H6N2S3. The molecule has 62 valence electrons. The summed E-state index contributed by atoms with van der Waals surface area (Å²) in [5.74, 6) is 0. The van der Waals surface area contributed by atoms with Crippen molar-refractivity contribution in [1.82, 2.24) is 0 Å². The largest absolute Gasteiger partial charge is 0.397 e. The minimum absolute atomic E-state index is 0.631. The summed E-state index contributed by atoms with van der Waals surface area (Å²) >= 11 is 8.20. The molecule has 12 heavy (non-hydrogen) atoms. The van der Waals surface area contributed by atoms with Gasteiger partial charge in [0.1, 0.15) is 3.14 Å². The first kappa shape index (κ1) is 7.97. The topological polar surface area (TPSA) is 52.0 Å². The Bertz CT molecular complexity index is 441. The lowest BCUT2D eigenvalue weighted by atomic mass is 10.3. The van der Waals surface area contributed by atoms with Crippen LogP contribution in [0, 0.1) is 3.14 Å². The van der Waals surface area contributed by atoms with Gasteiger partial charge in [0.15, 0.2) is 0 Å². The van der Waals surface area contributed by atoms with Crippen LogP contribution in [0.5, 0.6) is 0 Å². The van der Waals surface area contributed by atoms with Gasteiger partial charge in [-0.2, -0.15) is 0 Å². The SMILES string of the molecule is Nc1cc2sc(=S)sc2cc1N. The summed E-state index contributed by atoms with van der Waals surface area (Å²) in [6, 6.07) is 3.75. The minimum Gasteiger partial charge on any atom is -0.397 e. The highest BCUT2D eigenvalue weighted by Gasteiger charge is 2.01. The summed E-state index contributed by atoms with van der Waals surface area (Å²) in [4.78, 5) is 0. The summed E-state index contributed by atoms with van der Waals surface area (Å²) in [7, 11) is 0. The summed E-state index contributed by atoms with van der Waals surface area (Å²) < 4.78 is 3.16. The van der Waals surface area contributed by atoms with Crippen LogP contribution in [0.15, 0.2) is 12.1 Å². The number of hydrogen-bond acceptors (Lipinski definition) is 5. The monoisotopic (exact) mass is 214 g/mol. The van der Waals surface area contributed by atoms with Crippen molar-refractivity contribution in [3.05, 3.63) is 15.3 Å². The first-order valence-corrected chi connectivity index (χ1v) is 5.29. The average molecular weight is 214 g/mol. The van der Waals surface area contributed by atoms with Crippen molar-refractivity contribution in [2.24, 2.45) is 0 Å². The molecule has 2 nitrogen and oxygen atoms in total. The molecule has 0 aliphatic carbocycles.